The molecule has 0 spiro atoms. The van der Waals surface area contributed by atoms with E-state index >= 15 is 0 Å². The van der Waals surface area contributed by atoms with Gasteiger partial charge in [-0.05, 0) is 81.8 Å². The third-order valence-corrected chi connectivity index (χ3v) is 12.8. The lowest BCUT2D eigenvalue weighted by atomic mass is 9.97. The maximum atomic E-state index is 14.8. The summed E-state index contributed by atoms with van der Waals surface area (Å²) in [5.41, 5.74) is -0.541. The number of carbonyl (C=O) groups excluding carboxylic acids is 4. The van der Waals surface area contributed by atoms with E-state index in [2.05, 4.69) is 20.5 Å². The van der Waals surface area contributed by atoms with Gasteiger partial charge in [-0.1, -0.05) is 97.3 Å². The van der Waals surface area contributed by atoms with Gasteiger partial charge in [-0.3, -0.25) is 19.2 Å². The third-order valence-electron chi connectivity index (χ3n) is 11.2. The number of amides is 4. The highest BCUT2D eigenvalue weighted by molar-refractivity contribution is 7.90. The number of halogens is 1. The van der Waals surface area contributed by atoms with E-state index in [0.29, 0.717) is 41.0 Å². The zero-order valence-electron chi connectivity index (χ0n) is 34.2. The van der Waals surface area contributed by atoms with Crippen molar-refractivity contribution in [2.75, 3.05) is 6.54 Å². The molecular weight excluding hydrogens is 820 g/mol. The van der Waals surface area contributed by atoms with Crippen molar-refractivity contribution in [2.45, 2.75) is 99.9 Å². The van der Waals surface area contributed by atoms with Crippen molar-refractivity contribution in [1.29, 1.82) is 0 Å². The van der Waals surface area contributed by atoms with Crippen molar-refractivity contribution >= 4 is 45.4 Å². The summed E-state index contributed by atoms with van der Waals surface area (Å²) >= 11 is 5.98. The topological polar surface area (TPSA) is 186 Å². The van der Waals surface area contributed by atoms with Gasteiger partial charge in [0.25, 0.3) is 21.5 Å². The highest BCUT2D eigenvalue weighted by Crippen LogP contribution is 2.46. The Hall–Kier alpha value is -5.80. The third kappa shape index (κ3) is 9.73. The lowest BCUT2D eigenvalue weighted by Crippen LogP contribution is -2.58. The molecule has 1 saturated heterocycles. The molecule has 4 amide bonds. The van der Waals surface area contributed by atoms with Gasteiger partial charge in [-0.15, -0.1) is 0 Å². The van der Waals surface area contributed by atoms with Crippen LogP contribution in [0.3, 0.4) is 0 Å². The first-order chi connectivity index (χ1) is 29.1. The van der Waals surface area contributed by atoms with Gasteiger partial charge in [0.1, 0.15) is 23.2 Å². The van der Waals surface area contributed by atoms with E-state index < -0.39 is 74.6 Å². The summed E-state index contributed by atoms with van der Waals surface area (Å²) in [6, 6.07) is 20.7. The lowest BCUT2D eigenvalue weighted by molar-refractivity contribution is -0.141. The average Bonchev–Trinajstić information content (AvgIpc) is 3.73. The van der Waals surface area contributed by atoms with Crippen molar-refractivity contribution in [3.63, 3.8) is 0 Å². The van der Waals surface area contributed by atoms with Crippen LogP contribution in [-0.2, 0) is 29.1 Å². The van der Waals surface area contributed by atoms with Crippen LogP contribution in [0.1, 0.15) is 71.8 Å². The average molecular weight is 869 g/mol. The van der Waals surface area contributed by atoms with Crippen molar-refractivity contribution < 1.29 is 32.3 Å². The predicted octanol–water partition coefficient (Wildman–Crippen LogP) is 6.17. The number of nitrogens with one attached hydrogen (secondary N) is 3. The number of hydrogen-bond donors (Lipinski definition) is 3. The fourth-order valence-electron chi connectivity index (χ4n) is 8.06. The number of ether oxygens (including phenoxy) is 1. The van der Waals surface area contributed by atoms with Crippen LogP contribution in [0.25, 0.3) is 22.3 Å². The number of benzene rings is 3. The molecule has 3 aromatic carbocycles. The molecular formula is C45H49ClN6O8S. The number of hydrogen-bond acceptors (Lipinski definition) is 9. The molecule has 1 saturated carbocycles. The van der Waals surface area contributed by atoms with Crippen LogP contribution in [-0.4, -0.2) is 76.7 Å². The Labute approximate surface area is 359 Å². The largest absolute Gasteiger partial charge is 0.444 e. The maximum absolute atomic E-state index is 14.8. The number of nitrogens with zero attached hydrogens (tertiary/aromatic N) is 3. The molecule has 14 nitrogen and oxygen atoms in total. The summed E-state index contributed by atoms with van der Waals surface area (Å²) in [7, 11) is -4.38. The second kappa shape index (κ2) is 17.7. The highest BCUT2D eigenvalue weighted by atomic mass is 35.5. The first-order valence-electron chi connectivity index (χ1n) is 20.4. The van der Waals surface area contributed by atoms with Crippen molar-refractivity contribution in [3.05, 3.63) is 119 Å². The Bertz CT molecular complexity index is 2490. The Morgan fingerprint density at radius 2 is 1.59 bits per heavy atom. The smallest absolute Gasteiger partial charge is 0.408 e. The molecule has 1 aromatic heterocycles. The van der Waals surface area contributed by atoms with Gasteiger partial charge in [0.2, 0.25) is 11.8 Å². The Morgan fingerprint density at radius 1 is 0.918 bits per heavy atom. The summed E-state index contributed by atoms with van der Waals surface area (Å²) in [4.78, 5) is 72.5. The Kier molecular flexibility index (Phi) is 12.5. The summed E-state index contributed by atoms with van der Waals surface area (Å²) in [6.45, 7) is 4.99. The molecule has 0 radical (unpaired) electrons. The van der Waals surface area contributed by atoms with Crippen LogP contribution in [0.4, 0.5) is 4.79 Å². The van der Waals surface area contributed by atoms with Crippen LogP contribution in [0, 0.1) is 5.92 Å². The molecule has 7 rings (SSSR count). The van der Waals surface area contributed by atoms with E-state index in [1.807, 2.05) is 72.8 Å². The van der Waals surface area contributed by atoms with Gasteiger partial charge in [-0.2, -0.15) is 5.10 Å². The first-order valence-corrected chi connectivity index (χ1v) is 22.3. The number of sulfonamides is 1. The minimum absolute atomic E-state index is 0.0795. The number of rotatable bonds is 7. The molecule has 1 aliphatic carbocycles. The van der Waals surface area contributed by atoms with Gasteiger partial charge in [0.05, 0.1) is 22.7 Å². The van der Waals surface area contributed by atoms with Gasteiger partial charge in [-0.25, -0.2) is 22.6 Å². The van der Waals surface area contributed by atoms with E-state index in [4.69, 9.17) is 16.3 Å². The summed E-state index contributed by atoms with van der Waals surface area (Å²) in [6.07, 6.45) is 7.43. The Balaban J connectivity index is 1.27. The van der Waals surface area contributed by atoms with Gasteiger partial charge in [0, 0.05) is 29.5 Å². The lowest BCUT2D eigenvalue weighted by Gasteiger charge is -2.30. The molecule has 3 N–H and O–H groups in total. The van der Waals surface area contributed by atoms with Crippen molar-refractivity contribution in [1.82, 2.24) is 30.0 Å². The SMILES string of the molecule is CC(C)(C)OC(=O)N[C@H]1CCCCC/C=C\[C@@H]2CC2(C(=O)NS(=O)(=O)c2ccc(Cl)cc2)NC(=O)[C@@H]2CC(n3ncc(-c4ccccc4)c(-c4ccccc4)c3=O)CN2C1=O. The summed E-state index contributed by atoms with van der Waals surface area (Å²) in [5.74, 6) is -2.79. The number of fused-ring (bicyclic) bond motifs is 2. The normalized spacial score (nSPS) is 23.9. The van der Waals surface area contributed by atoms with E-state index in [0.717, 1.165) is 12.0 Å². The molecule has 2 unspecified atom stereocenters. The standard InChI is InChI=1S/C45H49ClN6O8S/c1-44(2,3)60-43(57)48-36-20-14-6-4-5-13-19-31-26-45(31,42(56)50-61(58,59)34-23-21-32(46)22-24-34)49-39(53)37-25-33(28-51(37)40(36)54)52-41(55)38(30-17-11-8-12-18-30)35(27-47-52)29-15-9-7-10-16-29/h7-13,15-19,21-24,27,31,33,36-37H,4-6,14,20,25-26,28H2,1-3H3,(H,48,57)(H,49,53)(H,50,56)/b19-13-/t31-,33?,36+,37+,45?/m1/s1. The molecule has 2 fully saturated rings. The molecule has 2 aliphatic heterocycles. The second-order valence-electron chi connectivity index (χ2n) is 16.7. The van der Waals surface area contributed by atoms with E-state index in [-0.39, 0.29) is 30.7 Å². The van der Waals surface area contributed by atoms with Crippen molar-refractivity contribution in [3.8, 4) is 22.3 Å². The van der Waals surface area contributed by atoms with Crippen LogP contribution in [0.5, 0.6) is 0 Å². The van der Waals surface area contributed by atoms with E-state index in [9.17, 15) is 32.4 Å². The molecule has 0 bridgehead atoms. The first kappa shape index (κ1) is 43.3. The van der Waals surface area contributed by atoms with Gasteiger partial charge < -0.3 is 20.3 Å². The fraction of sp³-hybridized carbons (Fsp3) is 0.378. The molecule has 4 aromatic rings. The molecule has 5 atom stereocenters. The quantitative estimate of drug-likeness (QED) is 0.183. The predicted molar refractivity (Wildman–Crippen MR) is 230 cm³/mol. The second-order valence-corrected chi connectivity index (χ2v) is 18.9. The van der Waals surface area contributed by atoms with Gasteiger partial charge in [0.15, 0.2) is 0 Å². The monoisotopic (exact) mass is 868 g/mol. The van der Waals surface area contributed by atoms with Crippen LogP contribution in [0.2, 0.25) is 5.02 Å². The molecule has 320 valence electrons. The number of alkyl carbamates (subject to hydrolysis) is 1. The summed E-state index contributed by atoms with van der Waals surface area (Å²) < 4.78 is 35.8. The van der Waals surface area contributed by atoms with Gasteiger partial charge >= 0.3 is 6.09 Å². The minimum atomic E-state index is -4.38. The van der Waals surface area contributed by atoms with Crippen LogP contribution >= 0.6 is 11.6 Å². The zero-order valence-corrected chi connectivity index (χ0v) is 35.7. The van der Waals surface area contributed by atoms with Crippen molar-refractivity contribution in [2.24, 2.45) is 5.92 Å². The minimum Gasteiger partial charge on any atom is -0.444 e. The number of aromatic nitrogens is 2. The highest BCUT2D eigenvalue weighted by Gasteiger charge is 2.61. The van der Waals surface area contributed by atoms with Crippen LogP contribution in [0.15, 0.2) is 113 Å². The molecule has 3 aliphatic rings. The number of allylic oxidation sites excluding steroid dienone is 1. The fourth-order valence-corrected chi connectivity index (χ4v) is 9.22. The van der Waals surface area contributed by atoms with E-state index in [1.54, 1.807) is 27.0 Å². The summed E-state index contributed by atoms with van der Waals surface area (Å²) in [5, 5.41) is 10.5. The molecule has 3 heterocycles. The Morgan fingerprint density at radius 3 is 2.26 bits per heavy atom. The molecule has 61 heavy (non-hydrogen) atoms. The van der Waals surface area contributed by atoms with E-state index in [1.165, 1.54) is 33.8 Å². The molecule has 16 heteroatoms. The maximum Gasteiger partial charge on any atom is 0.408 e. The van der Waals surface area contributed by atoms with Crippen LogP contribution < -0.4 is 20.9 Å². The zero-order chi connectivity index (χ0) is 43.5. The number of carbonyl (C=O) groups is 4.